The topological polar surface area (TPSA) is 162 Å². The van der Waals surface area contributed by atoms with Gasteiger partial charge in [0.1, 0.15) is 30.5 Å². The third-order valence-corrected chi connectivity index (χ3v) is 3.68. The summed E-state index contributed by atoms with van der Waals surface area (Å²) in [5.74, 6) is 0. The molecule has 8 heteroatoms. The monoisotopic (exact) mass is 326 g/mol. The van der Waals surface area contributed by atoms with E-state index in [1.807, 2.05) is 0 Å². The molecule has 0 saturated carbocycles. The molecule has 134 valence electrons. The summed E-state index contributed by atoms with van der Waals surface area (Å²) in [5.41, 5.74) is 0. The van der Waals surface area contributed by atoms with Crippen molar-refractivity contribution in [3.8, 4) is 0 Å². The van der Waals surface area contributed by atoms with Crippen LogP contribution in [0.25, 0.3) is 0 Å². The molecule has 0 spiro atoms. The van der Waals surface area contributed by atoms with Crippen LogP contribution in [0.3, 0.4) is 0 Å². The van der Waals surface area contributed by atoms with Gasteiger partial charge in [-0.15, -0.1) is 0 Å². The smallest absolute Gasteiger partial charge is 0.111 e. The lowest BCUT2D eigenvalue weighted by Gasteiger charge is -2.32. The number of aliphatic hydroxyl groups excluding tert-OH is 8. The van der Waals surface area contributed by atoms with Crippen molar-refractivity contribution in [2.45, 2.75) is 81.8 Å². The summed E-state index contributed by atoms with van der Waals surface area (Å²) in [6.07, 6.45) is -10.0. The van der Waals surface area contributed by atoms with E-state index >= 15 is 0 Å². The van der Waals surface area contributed by atoms with Crippen LogP contribution in [0.1, 0.15) is 39.0 Å². The Hall–Kier alpha value is -0.320. The number of hydrogen-bond acceptors (Lipinski definition) is 8. The van der Waals surface area contributed by atoms with Crippen LogP contribution < -0.4 is 0 Å². The first-order valence-corrected chi connectivity index (χ1v) is 7.65. The maximum Gasteiger partial charge on any atom is 0.111 e. The molecule has 0 unspecified atom stereocenters. The fourth-order valence-corrected chi connectivity index (χ4v) is 2.16. The minimum Gasteiger partial charge on any atom is -0.396 e. The van der Waals surface area contributed by atoms with Gasteiger partial charge in [0, 0.05) is 6.61 Å². The van der Waals surface area contributed by atoms with Crippen molar-refractivity contribution in [1.82, 2.24) is 0 Å². The molecule has 0 aromatic heterocycles. The molecule has 0 aromatic carbocycles. The van der Waals surface area contributed by atoms with Crippen LogP contribution in [0.5, 0.6) is 0 Å². The van der Waals surface area contributed by atoms with E-state index in [1.165, 1.54) is 0 Å². The fourth-order valence-electron chi connectivity index (χ4n) is 2.16. The predicted molar refractivity (Wildman–Crippen MR) is 77.9 cm³/mol. The van der Waals surface area contributed by atoms with Crippen LogP contribution in [0, 0.1) is 0 Å². The summed E-state index contributed by atoms with van der Waals surface area (Å²) in [7, 11) is 0. The second-order valence-electron chi connectivity index (χ2n) is 5.60. The maximum absolute atomic E-state index is 9.78. The number of unbranched alkanes of at least 4 members (excludes halogenated alkanes) is 1. The molecule has 0 aliphatic carbocycles. The minimum atomic E-state index is -1.93. The highest BCUT2D eigenvalue weighted by atomic mass is 16.4. The zero-order valence-electron chi connectivity index (χ0n) is 12.9. The lowest BCUT2D eigenvalue weighted by Crippen LogP contribution is -2.54. The summed E-state index contributed by atoms with van der Waals surface area (Å²) in [6.45, 7) is 1.70. The average Bonchev–Trinajstić information content (AvgIpc) is 2.51. The molecular weight excluding hydrogens is 296 g/mol. The van der Waals surface area contributed by atoms with E-state index in [4.69, 9.17) is 5.11 Å². The quantitative estimate of drug-likeness (QED) is 0.182. The van der Waals surface area contributed by atoms with Crippen LogP contribution in [0.15, 0.2) is 0 Å². The molecule has 0 aliphatic rings. The van der Waals surface area contributed by atoms with Gasteiger partial charge in [-0.1, -0.05) is 13.3 Å². The van der Waals surface area contributed by atoms with Crippen molar-refractivity contribution >= 4 is 0 Å². The summed E-state index contributed by atoms with van der Waals surface area (Å²) < 4.78 is 0. The number of hydrogen-bond donors (Lipinski definition) is 8. The molecule has 0 fully saturated rings. The van der Waals surface area contributed by atoms with Crippen LogP contribution >= 0.6 is 0 Å². The summed E-state index contributed by atoms with van der Waals surface area (Å²) in [6, 6.07) is 0. The highest BCUT2D eigenvalue weighted by Gasteiger charge is 2.38. The van der Waals surface area contributed by atoms with Gasteiger partial charge >= 0.3 is 0 Å². The molecule has 8 nitrogen and oxygen atoms in total. The zero-order valence-corrected chi connectivity index (χ0v) is 12.9. The van der Waals surface area contributed by atoms with E-state index in [2.05, 4.69) is 0 Å². The van der Waals surface area contributed by atoms with Crippen molar-refractivity contribution in [3.05, 3.63) is 0 Å². The van der Waals surface area contributed by atoms with Crippen molar-refractivity contribution < 1.29 is 40.9 Å². The molecule has 0 aliphatic heterocycles. The summed E-state index contributed by atoms with van der Waals surface area (Å²) in [4.78, 5) is 0. The molecular formula is C14H30O8. The first-order valence-electron chi connectivity index (χ1n) is 7.65. The van der Waals surface area contributed by atoms with Crippen LogP contribution in [-0.4, -0.2) is 90.2 Å². The van der Waals surface area contributed by atoms with E-state index < -0.39 is 42.7 Å². The van der Waals surface area contributed by atoms with Gasteiger partial charge in [0.25, 0.3) is 0 Å². The SMILES string of the molecule is CCC[C@H](O)[C@H](O)[C@H](O)[C@H](O)[C@H](O)[C@H](O)[C@H](O)CCCCO. The van der Waals surface area contributed by atoms with E-state index in [-0.39, 0.29) is 19.4 Å². The highest BCUT2D eigenvalue weighted by Crippen LogP contribution is 2.16. The Morgan fingerprint density at radius 3 is 1.41 bits per heavy atom. The normalized spacial score (nSPS) is 21.7. The lowest BCUT2D eigenvalue weighted by molar-refractivity contribution is -0.167. The van der Waals surface area contributed by atoms with Crippen molar-refractivity contribution in [1.29, 1.82) is 0 Å². The van der Waals surface area contributed by atoms with Crippen LogP contribution in [0.2, 0.25) is 0 Å². The van der Waals surface area contributed by atoms with Crippen LogP contribution in [0.4, 0.5) is 0 Å². The first kappa shape index (κ1) is 21.7. The molecule has 0 rings (SSSR count). The van der Waals surface area contributed by atoms with Gasteiger partial charge in [-0.2, -0.15) is 0 Å². The largest absolute Gasteiger partial charge is 0.396 e. The molecule has 0 saturated heterocycles. The fraction of sp³-hybridized carbons (Fsp3) is 1.00. The van der Waals surface area contributed by atoms with Gasteiger partial charge in [0.15, 0.2) is 0 Å². The highest BCUT2D eigenvalue weighted by molar-refractivity contribution is 4.89. The number of aliphatic hydroxyl groups is 8. The first-order chi connectivity index (χ1) is 10.3. The van der Waals surface area contributed by atoms with Gasteiger partial charge in [-0.05, 0) is 25.7 Å². The third kappa shape index (κ3) is 6.84. The Morgan fingerprint density at radius 1 is 0.591 bits per heavy atom. The molecule has 0 heterocycles. The van der Waals surface area contributed by atoms with Gasteiger partial charge in [0.05, 0.1) is 12.2 Å². The predicted octanol–water partition coefficient (Wildman–Crippen LogP) is -2.52. The molecule has 0 bridgehead atoms. The van der Waals surface area contributed by atoms with Gasteiger partial charge < -0.3 is 40.9 Å². The third-order valence-electron chi connectivity index (χ3n) is 3.68. The Balaban J connectivity index is 4.51. The lowest BCUT2D eigenvalue weighted by atomic mass is 9.92. The van der Waals surface area contributed by atoms with Crippen molar-refractivity contribution in [2.75, 3.05) is 6.61 Å². The Labute approximate surface area is 130 Å². The van der Waals surface area contributed by atoms with Gasteiger partial charge in [-0.3, -0.25) is 0 Å². The summed E-state index contributed by atoms with van der Waals surface area (Å²) in [5, 5.41) is 76.6. The van der Waals surface area contributed by atoms with Crippen molar-refractivity contribution in [2.24, 2.45) is 0 Å². The minimum absolute atomic E-state index is 0.0613. The van der Waals surface area contributed by atoms with Gasteiger partial charge in [0.2, 0.25) is 0 Å². The van der Waals surface area contributed by atoms with E-state index in [1.54, 1.807) is 6.92 Å². The summed E-state index contributed by atoms with van der Waals surface area (Å²) >= 11 is 0. The van der Waals surface area contributed by atoms with Crippen molar-refractivity contribution in [3.63, 3.8) is 0 Å². The Morgan fingerprint density at radius 2 is 1.00 bits per heavy atom. The average molecular weight is 326 g/mol. The van der Waals surface area contributed by atoms with Crippen LogP contribution in [-0.2, 0) is 0 Å². The van der Waals surface area contributed by atoms with Gasteiger partial charge in [-0.25, -0.2) is 0 Å². The zero-order chi connectivity index (χ0) is 17.3. The number of rotatable bonds is 12. The molecule has 0 radical (unpaired) electrons. The molecule has 0 amide bonds. The van der Waals surface area contributed by atoms with E-state index in [0.29, 0.717) is 19.3 Å². The van der Waals surface area contributed by atoms with E-state index in [0.717, 1.165) is 0 Å². The molecule has 22 heavy (non-hydrogen) atoms. The maximum atomic E-state index is 9.78. The molecule has 7 atom stereocenters. The standard InChI is InChI=1S/C14H30O8/c1-2-5-8(16)10(18)12(20)14(22)13(21)11(19)9(17)6-3-4-7-15/h8-22H,2-7H2,1H3/t8-,9+,10-,11+,12-,13+,14-/m0/s1. The molecule has 0 aromatic rings. The Kier molecular flexibility index (Phi) is 11.1. The second kappa shape index (κ2) is 11.3. The second-order valence-corrected chi connectivity index (χ2v) is 5.60. The Bertz CT molecular complexity index is 278. The van der Waals surface area contributed by atoms with E-state index in [9.17, 15) is 35.7 Å². The molecule has 8 N–H and O–H groups in total.